The zero-order valence-electron chi connectivity index (χ0n) is 23.6. The highest BCUT2D eigenvalue weighted by Gasteiger charge is 2.24. The molecule has 0 saturated carbocycles. The number of aromatic nitrogens is 2. The average molecular weight is 593 g/mol. The molecule has 2 heterocycles. The number of nitrogens with two attached hydrogens (primary N) is 1. The zero-order chi connectivity index (χ0) is 30.3. The number of carbonyl (C=O) groups excluding carboxylic acids is 1. The van der Waals surface area contributed by atoms with E-state index in [0.717, 1.165) is 5.56 Å². The fraction of sp³-hybridized carbons (Fsp3) is 0.258. The van der Waals surface area contributed by atoms with Gasteiger partial charge in [-0.25, -0.2) is 19.1 Å². The minimum atomic E-state index is -4.34. The number of nitrogen functional groups attached to an aromatic ring is 1. The lowest BCUT2D eigenvalue weighted by Crippen LogP contribution is -2.31. The van der Waals surface area contributed by atoms with Crippen LogP contribution < -0.4 is 19.9 Å². The number of nitrogens with zero attached hydrogens (tertiary/aromatic N) is 2. The zero-order valence-corrected chi connectivity index (χ0v) is 24.4. The first-order valence-corrected chi connectivity index (χ1v) is 14.9. The standard InChI is InChI=1S/C31H33FN4O5S/c1-20(2)19-41-25-17-23(16-24(32)18-25)27-13-12-26(30(37)36-42(38,39)29-11-7-10-28(33)35-29)31(34-27)40-15-14-21(3)22-8-5-4-6-9-22/h4-13,16-18,20-21H,14-15,19H2,1-3H3,(H2,33,35)(H,36,37). The average Bonchev–Trinajstić information content (AvgIpc) is 2.96. The van der Waals surface area contributed by atoms with Crippen molar-refractivity contribution in [2.75, 3.05) is 18.9 Å². The lowest BCUT2D eigenvalue weighted by atomic mass is 9.98. The summed E-state index contributed by atoms with van der Waals surface area (Å²) in [5, 5.41) is -0.409. The Hall–Kier alpha value is -4.51. The van der Waals surface area contributed by atoms with Gasteiger partial charge < -0.3 is 15.2 Å². The van der Waals surface area contributed by atoms with E-state index in [-0.39, 0.29) is 35.7 Å². The fourth-order valence-corrected chi connectivity index (χ4v) is 4.97. The van der Waals surface area contributed by atoms with Crippen LogP contribution in [0.3, 0.4) is 0 Å². The third-order valence-corrected chi connectivity index (χ3v) is 7.49. The summed E-state index contributed by atoms with van der Waals surface area (Å²) >= 11 is 0. The molecule has 9 nitrogen and oxygen atoms in total. The summed E-state index contributed by atoms with van der Waals surface area (Å²) in [6.45, 7) is 6.60. The molecule has 42 heavy (non-hydrogen) atoms. The first-order valence-electron chi connectivity index (χ1n) is 13.4. The van der Waals surface area contributed by atoms with E-state index in [1.165, 1.54) is 42.5 Å². The number of sulfonamides is 1. The molecular weight excluding hydrogens is 559 g/mol. The topological polar surface area (TPSA) is 134 Å². The Morgan fingerprint density at radius 2 is 1.71 bits per heavy atom. The van der Waals surface area contributed by atoms with Gasteiger partial charge in [0.25, 0.3) is 15.9 Å². The molecule has 0 aliphatic carbocycles. The molecule has 11 heteroatoms. The minimum Gasteiger partial charge on any atom is -0.493 e. The van der Waals surface area contributed by atoms with Crippen LogP contribution >= 0.6 is 0 Å². The van der Waals surface area contributed by atoms with E-state index in [0.29, 0.717) is 30.0 Å². The Morgan fingerprint density at radius 3 is 2.43 bits per heavy atom. The first kappa shape index (κ1) is 30.4. The Bertz CT molecular complexity index is 1650. The van der Waals surface area contributed by atoms with E-state index in [1.54, 1.807) is 6.07 Å². The lowest BCUT2D eigenvalue weighted by molar-refractivity contribution is 0.0976. The summed E-state index contributed by atoms with van der Waals surface area (Å²) in [5.74, 6) is -0.883. The summed E-state index contributed by atoms with van der Waals surface area (Å²) in [5.41, 5.74) is 7.33. The summed E-state index contributed by atoms with van der Waals surface area (Å²) in [6, 6.07) is 21.0. The number of hydrogen-bond donors (Lipinski definition) is 2. The summed E-state index contributed by atoms with van der Waals surface area (Å²) in [4.78, 5) is 21.5. The van der Waals surface area contributed by atoms with Crippen molar-refractivity contribution < 1.29 is 27.1 Å². The number of nitrogens with one attached hydrogen (secondary N) is 1. The Kier molecular flexibility index (Phi) is 9.74. The first-order chi connectivity index (χ1) is 20.0. The van der Waals surface area contributed by atoms with Crippen LogP contribution in [-0.4, -0.2) is 37.5 Å². The van der Waals surface area contributed by atoms with Crippen molar-refractivity contribution in [3.05, 3.63) is 95.8 Å². The maximum absolute atomic E-state index is 14.5. The molecule has 220 valence electrons. The molecule has 0 fully saturated rings. The number of ether oxygens (including phenoxy) is 2. The van der Waals surface area contributed by atoms with E-state index in [1.807, 2.05) is 55.8 Å². The molecular formula is C31H33FN4O5S. The van der Waals surface area contributed by atoms with Crippen LogP contribution in [0, 0.1) is 11.7 Å². The van der Waals surface area contributed by atoms with Gasteiger partial charge in [-0.1, -0.05) is 57.2 Å². The quantitative estimate of drug-likeness (QED) is 0.217. The van der Waals surface area contributed by atoms with Crippen molar-refractivity contribution in [1.29, 1.82) is 0 Å². The molecule has 1 amide bonds. The predicted molar refractivity (Wildman–Crippen MR) is 158 cm³/mol. The van der Waals surface area contributed by atoms with Crippen LogP contribution in [0.2, 0.25) is 0 Å². The van der Waals surface area contributed by atoms with Gasteiger partial charge in [0.15, 0.2) is 5.03 Å². The van der Waals surface area contributed by atoms with Gasteiger partial charge in [-0.05, 0) is 60.2 Å². The number of amides is 1. The van der Waals surface area contributed by atoms with E-state index < -0.39 is 26.8 Å². The van der Waals surface area contributed by atoms with E-state index in [9.17, 15) is 17.6 Å². The molecule has 0 saturated heterocycles. The number of hydrogen-bond acceptors (Lipinski definition) is 8. The molecule has 3 N–H and O–H groups in total. The molecule has 2 aromatic carbocycles. The molecule has 4 aromatic rings. The number of halogens is 1. The normalized spacial score (nSPS) is 12.1. The molecule has 0 spiro atoms. The molecule has 0 radical (unpaired) electrons. The van der Waals surface area contributed by atoms with E-state index in [4.69, 9.17) is 15.2 Å². The molecule has 0 aliphatic heterocycles. The highest BCUT2D eigenvalue weighted by Crippen LogP contribution is 2.29. The molecule has 1 atom stereocenters. The molecule has 0 bridgehead atoms. The maximum Gasteiger partial charge on any atom is 0.281 e. The van der Waals surface area contributed by atoms with Gasteiger partial charge in [0.05, 0.1) is 18.9 Å². The smallest absolute Gasteiger partial charge is 0.281 e. The van der Waals surface area contributed by atoms with Crippen LogP contribution in [0.25, 0.3) is 11.3 Å². The second-order valence-corrected chi connectivity index (χ2v) is 11.8. The van der Waals surface area contributed by atoms with Crippen molar-refractivity contribution in [3.63, 3.8) is 0 Å². The van der Waals surface area contributed by atoms with Crippen LogP contribution in [-0.2, 0) is 10.0 Å². The number of anilines is 1. The second-order valence-electron chi connectivity index (χ2n) is 10.2. The third-order valence-electron chi connectivity index (χ3n) is 6.26. The van der Waals surface area contributed by atoms with Crippen molar-refractivity contribution >= 4 is 21.7 Å². The lowest BCUT2D eigenvalue weighted by Gasteiger charge is -2.16. The molecule has 2 aromatic heterocycles. The van der Waals surface area contributed by atoms with Gasteiger partial charge >= 0.3 is 0 Å². The van der Waals surface area contributed by atoms with Crippen molar-refractivity contribution in [2.45, 2.75) is 38.1 Å². The predicted octanol–water partition coefficient (Wildman–Crippen LogP) is 5.59. The largest absolute Gasteiger partial charge is 0.493 e. The Labute approximate surface area is 245 Å². The van der Waals surface area contributed by atoms with Gasteiger partial charge in [-0.3, -0.25) is 4.79 Å². The Balaban J connectivity index is 1.63. The van der Waals surface area contributed by atoms with E-state index >= 15 is 0 Å². The van der Waals surface area contributed by atoms with Crippen LogP contribution in [0.1, 0.15) is 49.0 Å². The van der Waals surface area contributed by atoms with Crippen LogP contribution in [0.15, 0.2) is 83.9 Å². The summed E-state index contributed by atoms with van der Waals surface area (Å²) < 4.78 is 53.8. The number of carbonyl (C=O) groups is 1. The molecule has 4 rings (SSSR count). The summed E-state index contributed by atoms with van der Waals surface area (Å²) in [6.07, 6.45) is 0.593. The maximum atomic E-state index is 14.5. The fourth-order valence-electron chi connectivity index (χ4n) is 4.03. The van der Waals surface area contributed by atoms with E-state index in [2.05, 4.69) is 9.97 Å². The molecule has 1 unspecified atom stereocenters. The monoisotopic (exact) mass is 592 g/mol. The van der Waals surface area contributed by atoms with Crippen molar-refractivity contribution in [2.24, 2.45) is 5.92 Å². The van der Waals surface area contributed by atoms with Gasteiger partial charge in [0.1, 0.15) is 22.9 Å². The van der Waals surface area contributed by atoms with Gasteiger partial charge in [0.2, 0.25) is 5.88 Å². The van der Waals surface area contributed by atoms with Gasteiger partial charge in [-0.2, -0.15) is 8.42 Å². The number of rotatable bonds is 12. The highest BCUT2D eigenvalue weighted by atomic mass is 32.2. The van der Waals surface area contributed by atoms with Crippen LogP contribution in [0.5, 0.6) is 11.6 Å². The summed E-state index contributed by atoms with van der Waals surface area (Å²) in [7, 11) is -4.34. The SMILES string of the molecule is CC(C)COc1cc(F)cc(-c2ccc(C(=O)NS(=O)(=O)c3cccc(N)n3)c(OCCC(C)c3ccccc3)n2)c1. The molecule has 0 aliphatic rings. The second kappa shape index (κ2) is 13.4. The van der Waals surface area contributed by atoms with Gasteiger partial charge in [-0.15, -0.1) is 0 Å². The van der Waals surface area contributed by atoms with Crippen molar-refractivity contribution in [3.8, 4) is 22.9 Å². The van der Waals surface area contributed by atoms with Crippen LogP contribution in [0.4, 0.5) is 10.2 Å². The number of benzene rings is 2. The number of pyridine rings is 2. The Morgan fingerprint density at radius 1 is 0.952 bits per heavy atom. The van der Waals surface area contributed by atoms with Gasteiger partial charge in [0, 0.05) is 11.6 Å². The highest BCUT2D eigenvalue weighted by molar-refractivity contribution is 7.90. The minimum absolute atomic E-state index is 0.0141. The van der Waals surface area contributed by atoms with Crippen molar-refractivity contribution in [1.82, 2.24) is 14.7 Å². The third kappa shape index (κ3) is 8.03.